The maximum absolute atomic E-state index is 12.8. The monoisotopic (exact) mass is 362 g/mol. The third kappa shape index (κ3) is 3.71. The summed E-state index contributed by atoms with van der Waals surface area (Å²) in [6, 6.07) is 13.5. The van der Waals surface area contributed by atoms with Crippen LogP contribution in [-0.4, -0.2) is 39.0 Å². The Morgan fingerprint density at radius 3 is 2.38 bits per heavy atom. The number of rotatable bonds is 4. The van der Waals surface area contributed by atoms with E-state index < -0.39 is 24.0 Å². The van der Waals surface area contributed by atoms with E-state index in [-0.39, 0.29) is 6.42 Å². The zero-order valence-electron chi connectivity index (χ0n) is 13.3. The highest BCUT2D eigenvalue weighted by Crippen LogP contribution is 2.17. The number of amides is 1. The first-order valence-electron chi connectivity index (χ1n) is 7.62. The Bertz CT molecular complexity index is 938. The molecule has 0 saturated carbocycles. The number of alkyl halides is 3. The predicted molar refractivity (Wildman–Crippen MR) is 86.3 cm³/mol. The fourth-order valence-electron chi connectivity index (χ4n) is 2.47. The number of benzene rings is 2. The van der Waals surface area contributed by atoms with Gasteiger partial charge in [0.1, 0.15) is 11.6 Å². The van der Waals surface area contributed by atoms with Gasteiger partial charge in [0.25, 0.3) is 5.91 Å². The van der Waals surface area contributed by atoms with Crippen LogP contribution in [0.4, 0.5) is 13.2 Å². The molecule has 0 spiro atoms. The van der Waals surface area contributed by atoms with E-state index in [1.165, 1.54) is 0 Å². The van der Waals surface area contributed by atoms with Crippen molar-refractivity contribution >= 4 is 22.8 Å². The van der Waals surface area contributed by atoms with Crippen LogP contribution in [0.5, 0.6) is 0 Å². The second-order valence-electron chi connectivity index (χ2n) is 5.54. The van der Waals surface area contributed by atoms with E-state index in [1.807, 2.05) is 0 Å². The van der Waals surface area contributed by atoms with Gasteiger partial charge in [-0.2, -0.15) is 17.9 Å². The molecule has 134 valence electrons. The first kappa shape index (κ1) is 17.6. The third-order valence-electron chi connectivity index (χ3n) is 3.70. The Morgan fingerprint density at radius 1 is 1.04 bits per heavy atom. The van der Waals surface area contributed by atoms with Crippen LogP contribution in [0.15, 0.2) is 54.6 Å². The summed E-state index contributed by atoms with van der Waals surface area (Å²) in [6.07, 6.45) is -5.21. The summed E-state index contributed by atoms with van der Waals surface area (Å²) in [5.74, 6) is -2.99. The predicted octanol–water partition coefficient (Wildman–Crippen LogP) is 2.36. The highest BCUT2D eigenvalue weighted by molar-refractivity contribution is 5.95. The lowest BCUT2D eigenvalue weighted by atomic mass is 10.1. The highest BCUT2D eigenvalue weighted by atomic mass is 19.4. The van der Waals surface area contributed by atoms with Gasteiger partial charge in [-0.15, -0.1) is 5.10 Å². The van der Waals surface area contributed by atoms with Crippen molar-refractivity contribution in [3.05, 3.63) is 60.2 Å². The van der Waals surface area contributed by atoms with Gasteiger partial charge in [-0.1, -0.05) is 47.7 Å². The van der Waals surface area contributed by atoms with E-state index >= 15 is 0 Å². The van der Waals surface area contributed by atoms with Gasteiger partial charge >= 0.3 is 12.1 Å². The number of hydrogen-bond donors (Lipinski definition) is 1. The molecule has 9 heteroatoms. The Kier molecular flexibility index (Phi) is 4.70. The van der Waals surface area contributed by atoms with Crippen molar-refractivity contribution in [2.45, 2.75) is 18.6 Å². The molecule has 0 radical (unpaired) electrons. The molecule has 6 nitrogen and oxygen atoms in total. The first-order chi connectivity index (χ1) is 12.4. The van der Waals surface area contributed by atoms with E-state index in [4.69, 9.17) is 0 Å². The van der Waals surface area contributed by atoms with Crippen LogP contribution < -0.4 is 5.32 Å². The van der Waals surface area contributed by atoms with Gasteiger partial charge in [0, 0.05) is 6.42 Å². The van der Waals surface area contributed by atoms with Gasteiger partial charge in [-0.3, -0.25) is 9.59 Å². The molecular formula is C17H13F3N4O2. The molecule has 0 bridgehead atoms. The Balaban J connectivity index is 1.93. The topological polar surface area (TPSA) is 76.9 Å². The van der Waals surface area contributed by atoms with Gasteiger partial charge in [-0.25, -0.2) is 0 Å². The molecular weight excluding hydrogens is 349 g/mol. The maximum Gasteiger partial charge on any atom is 0.471 e. The molecule has 1 atom stereocenters. The van der Waals surface area contributed by atoms with Gasteiger partial charge < -0.3 is 5.32 Å². The lowest BCUT2D eigenvalue weighted by Crippen LogP contribution is -2.49. The summed E-state index contributed by atoms with van der Waals surface area (Å²) in [6.45, 7) is 0. The Morgan fingerprint density at radius 2 is 1.69 bits per heavy atom. The molecule has 0 aliphatic rings. The van der Waals surface area contributed by atoms with E-state index in [1.54, 1.807) is 59.9 Å². The quantitative estimate of drug-likeness (QED) is 0.773. The second-order valence-corrected chi connectivity index (χ2v) is 5.54. The van der Waals surface area contributed by atoms with Crippen molar-refractivity contribution in [2.75, 3.05) is 0 Å². The van der Waals surface area contributed by atoms with Crippen molar-refractivity contribution in [3.63, 3.8) is 0 Å². The summed E-state index contributed by atoms with van der Waals surface area (Å²) in [4.78, 5) is 24.1. The van der Waals surface area contributed by atoms with E-state index in [9.17, 15) is 22.8 Å². The standard InChI is InChI=1S/C17H13F3N4O2/c18-17(19,20)16(26)21-13(10-11-6-2-1-3-7-11)15(25)24-14-9-5-4-8-12(14)22-23-24/h1-9,13H,10H2,(H,21,26)/t13-/m0/s1. The Hall–Kier alpha value is -3.23. The van der Waals surface area contributed by atoms with Crippen molar-refractivity contribution in [1.82, 2.24) is 20.3 Å². The smallest absolute Gasteiger partial charge is 0.336 e. The third-order valence-corrected chi connectivity index (χ3v) is 3.70. The zero-order valence-corrected chi connectivity index (χ0v) is 13.3. The molecule has 2 aromatic carbocycles. The van der Waals surface area contributed by atoms with Gasteiger partial charge in [0.2, 0.25) is 0 Å². The van der Waals surface area contributed by atoms with Gasteiger partial charge in [0.05, 0.1) is 5.52 Å². The van der Waals surface area contributed by atoms with Crippen LogP contribution in [0.25, 0.3) is 11.0 Å². The van der Waals surface area contributed by atoms with Crippen LogP contribution in [0, 0.1) is 0 Å². The summed E-state index contributed by atoms with van der Waals surface area (Å²) in [5.41, 5.74) is 1.36. The minimum absolute atomic E-state index is 0.115. The number of para-hydroxylation sites is 1. The van der Waals surface area contributed by atoms with Crippen molar-refractivity contribution in [2.24, 2.45) is 0 Å². The van der Waals surface area contributed by atoms with Crippen LogP contribution in [-0.2, 0) is 11.2 Å². The van der Waals surface area contributed by atoms with Crippen molar-refractivity contribution in [1.29, 1.82) is 0 Å². The maximum atomic E-state index is 12.8. The number of hydrogen-bond acceptors (Lipinski definition) is 4. The number of fused-ring (bicyclic) bond motifs is 1. The molecule has 26 heavy (non-hydrogen) atoms. The molecule has 1 N–H and O–H groups in total. The molecule has 1 amide bonds. The van der Waals surface area contributed by atoms with Crippen LogP contribution in [0.2, 0.25) is 0 Å². The Labute approximate surface area is 145 Å². The van der Waals surface area contributed by atoms with E-state index in [0.29, 0.717) is 16.6 Å². The molecule has 0 saturated heterocycles. The molecule has 1 heterocycles. The zero-order chi connectivity index (χ0) is 18.7. The molecule has 3 aromatic rings. The van der Waals surface area contributed by atoms with E-state index in [0.717, 1.165) is 4.68 Å². The number of carbonyl (C=O) groups excluding carboxylic acids is 2. The van der Waals surface area contributed by atoms with Crippen LogP contribution >= 0.6 is 0 Å². The van der Waals surface area contributed by atoms with Crippen molar-refractivity contribution < 1.29 is 22.8 Å². The lowest BCUT2D eigenvalue weighted by molar-refractivity contribution is -0.174. The molecule has 0 unspecified atom stereocenters. The molecule has 1 aromatic heterocycles. The molecule has 0 aliphatic heterocycles. The molecule has 0 aliphatic carbocycles. The number of nitrogens with zero attached hydrogens (tertiary/aromatic N) is 3. The minimum atomic E-state index is -5.10. The van der Waals surface area contributed by atoms with Crippen LogP contribution in [0.1, 0.15) is 10.4 Å². The fourth-order valence-corrected chi connectivity index (χ4v) is 2.47. The summed E-state index contributed by atoms with van der Waals surface area (Å²) in [5, 5.41) is 9.28. The molecule has 3 rings (SSSR count). The summed E-state index contributed by atoms with van der Waals surface area (Å²) < 4.78 is 38.8. The number of nitrogens with one attached hydrogen (secondary N) is 1. The van der Waals surface area contributed by atoms with Crippen molar-refractivity contribution in [3.8, 4) is 0 Å². The molecule has 0 fully saturated rings. The summed E-state index contributed by atoms with van der Waals surface area (Å²) >= 11 is 0. The second kappa shape index (κ2) is 6.95. The SMILES string of the molecule is O=C([C@H](Cc1ccccc1)NC(=O)C(F)(F)F)n1nnc2ccccc21. The first-order valence-corrected chi connectivity index (χ1v) is 7.62. The van der Waals surface area contributed by atoms with E-state index in [2.05, 4.69) is 10.3 Å². The average Bonchev–Trinajstić information content (AvgIpc) is 3.04. The minimum Gasteiger partial charge on any atom is -0.336 e. The van der Waals surface area contributed by atoms with Gasteiger partial charge in [0.15, 0.2) is 0 Å². The van der Waals surface area contributed by atoms with Crippen LogP contribution in [0.3, 0.4) is 0 Å². The highest BCUT2D eigenvalue weighted by Gasteiger charge is 2.41. The number of halogens is 3. The average molecular weight is 362 g/mol. The largest absolute Gasteiger partial charge is 0.471 e. The normalized spacial score (nSPS) is 12.7. The van der Waals surface area contributed by atoms with Gasteiger partial charge in [-0.05, 0) is 17.7 Å². The number of carbonyl (C=O) groups is 2. The number of aromatic nitrogens is 3. The fraction of sp³-hybridized carbons (Fsp3) is 0.176. The summed E-state index contributed by atoms with van der Waals surface area (Å²) in [7, 11) is 0. The lowest BCUT2D eigenvalue weighted by Gasteiger charge is -2.18.